The first kappa shape index (κ1) is 21.2. The minimum atomic E-state index is -0.184. The Hall–Kier alpha value is -2.67. The SMILES string of the molecule is CN(C)C1(c2ccccc2)CCC2(CC1)CN(c1cnc(N3CCCCC3)nc1)C(=O)N2. The molecule has 5 rings (SSSR count). The van der Waals surface area contributed by atoms with Crippen LogP contribution in [-0.2, 0) is 5.54 Å². The van der Waals surface area contributed by atoms with Crippen molar-refractivity contribution in [2.24, 2.45) is 0 Å². The topological polar surface area (TPSA) is 64.6 Å². The van der Waals surface area contributed by atoms with E-state index in [1.807, 2.05) is 17.3 Å². The second kappa shape index (κ2) is 8.35. The van der Waals surface area contributed by atoms with E-state index in [0.29, 0.717) is 6.54 Å². The normalized spacial score (nSPS) is 28.4. The number of carbonyl (C=O) groups is 1. The van der Waals surface area contributed by atoms with Gasteiger partial charge in [-0.05, 0) is 64.6 Å². The highest BCUT2D eigenvalue weighted by Gasteiger charge is 2.50. The predicted molar refractivity (Wildman–Crippen MR) is 127 cm³/mol. The van der Waals surface area contributed by atoms with Gasteiger partial charge in [0.1, 0.15) is 0 Å². The van der Waals surface area contributed by atoms with E-state index in [0.717, 1.165) is 50.4 Å². The maximum absolute atomic E-state index is 12.9. The van der Waals surface area contributed by atoms with Gasteiger partial charge in [-0.2, -0.15) is 0 Å². The molecule has 0 atom stereocenters. The average Bonchev–Trinajstić information content (AvgIpc) is 3.16. The zero-order valence-corrected chi connectivity index (χ0v) is 19.3. The molecule has 1 aliphatic carbocycles. The van der Waals surface area contributed by atoms with Gasteiger partial charge in [0.25, 0.3) is 0 Å². The highest BCUT2D eigenvalue weighted by molar-refractivity contribution is 5.95. The number of piperidine rings is 1. The van der Waals surface area contributed by atoms with Gasteiger partial charge in [-0.1, -0.05) is 30.3 Å². The van der Waals surface area contributed by atoms with Crippen molar-refractivity contribution in [2.45, 2.75) is 56.0 Å². The molecule has 7 nitrogen and oxygen atoms in total. The third-order valence-electron chi connectivity index (χ3n) is 7.85. The fraction of sp³-hybridized carbons (Fsp3) is 0.560. The zero-order chi connectivity index (χ0) is 22.2. The molecule has 3 fully saturated rings. The number of rotatable bonds is 4. The summed E-state index contributed by atoms with van der Waals surface area (Å²) < 4.78 is 0. The van der Waals surface area contributed by atoms with Crippen LogP contribution in [0.5, 0.6) is 0 Å². The van der Waals surface area contributed by atoms with Gasteiger partial charge in [-0.15, -0.1) is 0 Å². The third kappa shape index (κ3) is 3.72. The van der Waals surface area contributed by atoms with Gasteiger partial charge in [-0.25, -0.2) is 14.8 Å². The molecule has 2 saturated heterocycles. The number of anilines is 2. The van der Waals surface area contributed by atoms with E-state index in [9.17, 15) is 4.79 Å². The number of hydrogen-bond donors (Lipinski definition) is 1. The summed E-state index contributed by atoms with van der Waals surface area (Å²) in [7, 11) is 4.34. The van der Waals surface area contributed by atoms with Gasteiger partial charge in [0.05, 0.1) is 30.2 Å². The van der Waals surface area contributed by atoms with Crippen LogP contribution in [0.2, 0.25) is 0 Å². The summed E-state index contributed by atoms with van der Waals surface area (Å²) in [4.78, 5) is 28.5. The first-order chi connectivity index (χ1) is 15.5. The van der Waals surface area contributed by atoms with Crippen molar-refractivity contribution >= 4 is 17.7 Å². The summed E-state index contributed by atoms with van der Waals surface area (Å²) in [6.45, 7) is 2.71. The summed E-state index contributed by atoms with van der Waals surface area (Å²) in [5.74, 6) is 0.777. The Bertz CT molecular complexity index is 931. The van der Waals surface area contributed by atoms with Crippen LogP contribution in [0.15, 0.2) is 42.7 Å². The Morgan fingerprint density at radius 3 is 2.22 bits per heavy atom. The summed E-state index contributed by atoms with van der Waals surface area (Å²) in [5.41, 5.74) is 1.98. The summed E-state index contributed by atoms with van der Waals surface area (Å²) in [5, 5.41) is 3.33. The van der Waals surface area contributed by atoms with Crippen molar-refractivity contribution in [3.8, 4) is 0 Å². The lowest BCUT2D eigenvalue weighted by molar-refractivity contribution is 0.0658. The van der Waals surface area contributed by atoms with Crippen LogP contribution in [0.1, 0.15) is 50.5 Å². The monoisotopic (exact) mass is 434 g/mol. The Morgan fingerprint density at radius 1 is 0.938 bits per heavy atom. The Morgan fingerprint density at radius 2 is 1.59 bits per heavy atom. The van der Waals surface area contributed by atoms with Crippen LogP contribution in [0.3, 0.4) is 0 Å². The van der Waals surface area contributed by atoms with Gasteiger partial charge in [0, 0.05) is 18.6 Å². The van der Waals surface area contributed by atoms with Gasteiger partial charge >= 0.3 is 6.03 Å². The van der Waals surface area contributed by atoms with E-state index in [1.54, 1.807) is 0 Å². The molecule has 1 aromatic carbocycles. The molecule has 32 heavy (non-hydrogen) atoms. The first-order valence-corrected chi connectivity index (χ1v) is 11.9. The van der Waals surface area contributed by atoms with Crippen LogP contribution >= 0.6 is 0 Å². The largest absolute Gasteiger partial charge is 0.341 e. The lowest BCUT2D eigenvalue weighted by Gasteiger charge is -2.48. The number of nitrogens with zero attached hydrogens (tertiary/aromatic N) is 5. The summed E-state index contributed by atoms with van der Waals surface area (Å²) in [6.07, 6.45) is 11.2. The number of carbonyl (C=O) groups excluding carboxylic acids is 1. The maximum atomic E-state index is 12.9. The molecular formula is C25H34N6O. The highest BCUT2D eigenvalue weighted by atomic mass is 16.2. The van der Waals surface area contributed by atoms with E-state index in [1.165, 1.54) is 24.8 Å². The first-order valence-electron chi connectivity index (χ1n) is 11.9. The second-order valence-corrected chi connectivity index (χ2v) is 9.88. The van der Waals surface area contributed by atoms with Gasteiger partial charge in [-0.3, -0.25) is 9.80 Å². The maximum Gasteiger partial charge on any atom is 0.322 e. The van der Waals surface area contributed by atoms with E-state index < -0.39 is 0 Å². The standard InChI is InChI=1S/C25H34N6O/c1-29(2)25(20-9-5-3-6-10-20)13-11-24(12-14-25)19-31(23(32)28-24)21-17-26-22(27-18-21)30-15-7-4-8-16-30/h3,5-6,9-10,17-18H,4,7-8,11-16,19H2,1-2H3,(H,28,32). The number of hydrogen-bond acceptors (Lipinski definition) is 5. The van der Waals surface area contributed by atoms with E-state index in [4.69, 9.17) is 0 Å². The van der Waals surface area contributed by atoms with Crippen molar-refractivity contribution in [1.29, 1.82) is 0 Å². The van der Waals surface area contributed by atoms with Crippen molar-refractivity contribution in [1.82, 2.24) is 20.2 Å². The molecule has 2 amide bonds. The van der Waals surface area contributed by atoms with Gasteiger partial charge in [0.15, 0.2) is 0 Å². The van der Waals surface area contributed by atoms with Crippen LogP contribution in [0.4, 0.5) is 16.4 Å². The average molecular weight is 435 g/mol. The van der Waals surface area contributed by atoms with Gasteiger partial charge < -0.3 is 10.2 Å². The third-order valence-corrected chi connectivity index (χ3v) is 7.85. The molecular weight excluding hydrogens is 400 g/mol. The van der Waals surface area contributed by atoms with Crippen LogP contribution in [-0.4, -0.2) is 60.2 Å². The van der Waals surface area contributed by atoms with Crippen LogP contribution < -0.4 is 15.1 Å². The van der Waals surface area contributed by atoms with Gasteiger partial charge in [0.2, 0.25) is 5.95 Å². The number of aromatic nitrogens is 2. The Kier molecular flexibility index (Phi) is 5.53. The minimum Gasteiger partial charge on any atom is -0.341 e. The molecule has 3 aliphatic rings. The molecule has 1 spiro atoms. The van der Waals surface area contributed by atoms with Crippen molar-refractivity contribution in [2.75, 3.05) is 43.5 Å². The van der Waals surface area contributed by atoms with Crippen molar-refractivity contribution < 1.29 is 4.79 Å². The van der Waals surface area contributed by atoms with Crippen molar-refractivity contribution in [3.63, 3.8) is 0 Å². The number of benzene rings is 1. The lowest BCUT2D eigenvalue weighted by atomic mass is 9.69. The molecule has 2 aliphatic heterocycles. The van der Waals surface area contributed by atoms with E-state index >= 15 is 0 Å². The van der Waals surface area contributed by atoms with Crippen LogP contribution in [0, 0.1) is 0 Å². The van der Waals surface area contributed by atoms with Crippen molar-refractivity contribution in [3.05, 3.63) is 48.3 Å². The zero-order valence-electron chi connectivity index (χ0n) is 19.3. The number of amides is 2. The van der Waals surface area contributed by atoms with E-state index in [-0.39, 0.29) is 17.1 Å². The smallest absolute Gasteiger partial charge is 0.322 e. The molecule has 2 aromatic rings. The lowest BCUT2D eigenvalue weighted by Crippen LogP contribution is -2.54. The quantitative estimate of drug-likeness (QED) is 0.794. The Labute approximate surface area is 190 Å². The number of nitrogens with one attached hydrogen (secondary N) is 1. The Balaban J connectivity index is 1.30. The summed E-state index contributed by atoms with van der Waals surface area (Å²) in [6, 6.07) is 10.8. The molecule has 0 unspecified atom stereocenters. The fourth-order valence-electron chi connectivity index (χ4n) is 5.80. The molecule has 1 N–H and O–H groups in total. The number of urea groups is 1. The molecule has 1 aromatic heterocycles. The van der Waals surface area contributed by atoms with Crippen LogP contribution in [0.25, 0.3) is 0 Å². The molecule has 0 bridgehead atoms. The summed E-state index contributed by atoms with van der Waals surface area (Å²) >= 11 is 0. The molecule has 0 radical (unpaired) electrons. The minimum absolute atomic E-state index is 0.0177. The molecule has 170 valence electrons. The van der Waals surface area contributed by atoms with E-state index in [2.05, 4.69) is 69.5 Å². The fourth-order valence-corrected chi connectivity index (χ4v) is 5.80. The molecule has 1 saturated carbocycles. The second-order valence-electron chi connectivity index (χ2n) is 9.88. The molecule has 3 heterocycles. The highest BCUT2D eigenvalue weighted by Crippen LogP contribution is 2.46. The predicted octanol–water partition coefficient (Wildman–Crippen LogP) is 3.77. The molecule has 7 heteroatoms.